The van der Waals surface area contributed by atoms with Gasteiger partial charge in [-0.1, -0.05) is 30.3 Å². The van der Waals surface area contributed by atoms with E-state index in [0.29, 0.717) is 17.1 Å². The molecular weight excluding hydrogens is 605 g/mol. The fourth-order valence-electron chi connectivity index (χ4n) is 2.56. The number of sulfonamides is 1. The third-order valence-electron chi connectivity index (χ3n) is 4.10. The molecule has 1 amide bonds. The first-order valence-electron chi connectivity index (χ1n) is 8.53. The van der Waals surface area contributed by atoms with E-state index in [2.05, 4.69) is 20.0 Å². The third-order valence-corrected chi connectivity index (χ3v) is 5.49. The van der Waals surface area contributed by atoms with Crippen LogP contribution >= 0.6 is 0 Å². The quantitative estimate of drug-likeness (QED) is 0.373. The van der Waals surface area contributed by atoms with Crippen LogP contribution < -0.4 is 10.0 Å². The molecule has 10 heteroatoms. The molecule has 0 saturated heterocycles. The molecule has 0 aliphatic rings. The molecule has 0 aliphatic carbocycles. The van der Waals surface area contributed by atoms with E-state index in [1.807, 2.05) is 0 Å². The maximum absolute atomic E-state index is 12.5. The van der Waals surface area contributed by atoms with E-state index in [1.165, 1.54) is 24.5 Å². The molecular formula is C19H20AcN5O3S-. The number of aromatic amines is 1. The minimum absolute atomic E-state index is 0. The summed E-state index contributed by atoms with van der Waals surface area (Å²) in [5.74, 6) is -0.485. The molecule has 0 spiro atoms. The molecule has 2 aromatic carbocycles. The molecule has 0 aliphatic heterocycles. The molecule has 3 aromatic rings. The van der Waals surface area contributed by atoms with Crippen molar-refractivity contribution in [1.29, 1.82) is 0 Å². The van der Waals surface area contributed by atoms with Crippen molar-refractivity contribution in [1.82, 2.24) is 9.97 Å². The molecule has 1 unspecified atom stereocenters. The number of carbonyl (C=O) groups is 1. The van der Waals surface area contributed by atoms with E-state index in [9.17, 15) is 13.2 Å². The first-order chi connectivity index (χ1) is 13.3. The normalized spacial score (nSPS) is 11.9. The Morgan fingerprint density at radius 3 is 2.59 bits per heavy atom. The minimum atomic E-state index is -3.73. The Labute approximate surface area is 205 Å². The van der Waals surface area contributed by atoms with Crippen LogP contribution in [0, 0.1) is 51.0 Å². The molecule has 149 valence electrons. The second-order valence-electron chi connectivity index (χ2n) is 6.27. The summed E-state index contributed by atoms with van der Waals surface area (Å²) < 4.78 is 27.4. The van der Waals surface area contributed by atoms with Gasteiger partial charge >= 0.3 is 0 Å². The van der Waals surface area contributed by atoms with Crippen molar-refractivity contribution in [2.24, 2.45) is 0 Å². The van der Waals surface area contributed by atoms with E-state index in [-0.39, 0.29) is 55.4 Å². The van der Waals surface area contributed by atoms with Crippen LogP contribution in [0.4, 0.5) is 11.4 Å². The Morgan fingerprint density at radius 2 is 1.93 bits per heavy atom. The van der Waals surface area contributed by atoms with E-state index in [4.69, 9.17) is 5.73 Å². The number of aryl methyl sites for hydroxylation is 1. The monoisotopic (exact) mass is 625 g/mol. The Balaban J connectivity index is 0.00000300. The zero-order valence-corrected chi connectivity index (χ0v) is 21.3. The fraction of sp³-hybridized carbons (Fsp3) is 0.158. The smallest absolute Gasteiger partial charge is 0.261 e. The van der Waals surface area contributed by atoms with Gasteiger partial charge in [0.25, 0.3) is 10.0 Å². The average molecular weight is 625 g/mol. The zero-order chi connectivity index (χ0) is 20.1. The first-order valence-corrected chi connectivity index (χ1v) is 10.0. The Morgan fingerprint density at radius 1 is 1.21 bits per heavy atom. The van der Waals surface area contributed by atoms with Crippen LogP contribution in [0.2, 0.25) is 0 Å². The summed E-state index contributed by atoms with van der Waals surface area (Å²) in [4.78, 5) is 19.2. The third kappa shape index (κ3) is 6.38. The van der Waals surface area contributed by atoms with Crippen LogP contribution in [0.3, 0.4) is 0 Å². The number of benzene rings is 2. The number of carbonyl (C=O) groups excluding carboxylic acids is 1. The van der Waals surface area contributed by atoms with Gasteiger partial charge in [0.15, 0.2) is 0 Å². The number of anilines is 2. The first kappa shape index (κ1) is 23.5. The van der Waals surface area contributed by atoms with Gasteiger partial charge in [0.1, 0.15) is 0 Å². The van der Waals surface area contributed by atoms with Crippen LogP contribution in [0.25, 0.3) is 5.73 Å². The van der Waals surface area contributed by atoms with Crippen molar-refractivity contribution < 1.29 is 57.3 Å². The van der Waals surface area contributed by atoms with Gasteiger partial charge in [-0.3, -0.25) is 9.52 Å². The van der Waals surface area contributed by atoms with Crippen LogP contribution in [0.1, 0.15) is 11.3 Å². The van der Waals surface area contributed by atoms with Crippen molar-refractivity contribution >= 4 is 27.3 Å². The summed E-state index contributed by atoms with van der Waals surface area (Å²) in [6, 6.07) is 11.9. The minimum Gasteiger partial charge on any atom is -0.666 e. The number of hydrogen-bond acceptors (Lipinski definition) is 4. The van der Waals surface area contributed by atoms with Gasteiger partial charge in [0.2, 0.25) is 5.91 Å². The number of amides is 1. The zero-order valence-electron chi connectivity index (χ0n) is 15.7. The van der Waals surface area contributed by atoms with Crippen molar-refractivity contribution in [3.05, 3.63) is 78.0 Å². The molecule has 0 saturated carbocycles. The van der Waals surface area contributed by atoms with Crippen LogP contribution in [0.5, 0.6) is 0 Å². The van der Waals surface area contributed by atoms with Crippen LogP contribution in [-0.4, -0.2) is 30.3 Å². The Bertz CT molecular complexity index is 1060. The second kappa shape index (κ2) is 10.3. The summed E-state index contributed by atoms with van der Waals surface area (Å²) in [5, 5.41) is 2.69. The summed E-state index contributed by atoms with van der Waals surface area (Å²) in [6.45, 7) is 1.79. The molecule has 1 atom stereocenters. The second-order valence-corrected chi connectivity index (χ2v) is 7.95. The molecule has 1 radical (unpaired) electrons. The van der Waals surface area contributed by atoms with Crippen molar-refractivity contribution in [3.8, 4) is 0 Å². The molecule has 8 nitrogen and oxygen atoms in total. The molecule has 4 N–H and O–H groups in total. The van der Waals surface area contributed by atoms with Gasteiger partial charge in [0.05, 0.1) is 16.9 Å². The molecule has 0 bridgehead atoms. The molecule has 0 fully saturated rings. The number of imidazole rings is 1. The number of nitrogens with zero attached hydrogens (tertiary/aromatic N) is 1. The van der Waals surface area contributed by atoms with Crippen molar-refractivity contribution in [3.63, 3.8) is 0 Å². The van der Waals surface area contributed by atoms with Crippen LogP contribution in [-0.2, 0) is 21.2 Å². The van der Waals surface area contributed by atoms with Crippen LogP contribution in [0.15, 0.2) is 66.0 Å². The fourth-order valence-corrected chi connectivity index (χ4v) is 3.63. The van der Waals surface area contributed by atoms with E-state index >= 15 is 0 Å². The van der Waals surface area contributed by atoms with Gasteiger partial charge in [-0.25, -0.2) is 13.4 Å². The Hall–Kier alpha value is -1.73. The maximum atomic E-state index is 12.5. The predicted octanol–water partition coefficient (Wildman–Crippen LogP) is 3.12. The molecule has 1 heterocycles. The number of aromatic nitrogens is 2. The van der Waals surface area contributed by atoms with Gasteiger partial charge in [-0.2, -0.15) is 0 Å². The predicted molar refractivity (Wildman–Crippen MR) is 107 cm³/mol. The van der Waals surface area contributed by atoms with Gasteiger partial charge in [-0.05, 0) is 43.2 Å². The number of hydrogen-bond donors (Lipinski definition) is 3. The Kier molecular flexibility index (Phi) is 8.40. The van der Waals surface area contributed by atoms with E-state index in [0.717, 1.165) is 5.56 Å². The summed E-state index contributed by atoms with van der Waals surface area (Å²) >= 11 is 0. The topological polar surface area (TPSA) is 128 Å². The number of rotatable bonds is 7. The molecule has 3 rings (SSSR count). The van der Waals surface area contributed by atoms with Gasteiger partial charge in [-0.15, -0.1) is 0 Å². The molecule has 29 heavy (non-hydrogen) atoms. The van der Waals surface area contributed by atoms with E-state index < -0.39 is 22.0 Å². The molecule has 1 aromatic heterocycles. The van der Waals surface area contributed by atoms with E-state index in [1.54, 1.807) is 43.5 Å². The van der Waals surface area contributed by atoms with Crippen molar-refractivity contribution in [2.75, 3.05) is 10.0 Å². The number of nitrogens with one attached hydrogen (secondary N) is 4. The SMILES string of the molecule is Cc1ccc(NS(=O)(=O)c2ccccc2)cc1NC(=O)C([NH-])Cc1cnc[nH]1.[Ac]. The number of H-pyrrole nitrogens is 1. The summed E-state index contributed by atoms with van der Waals surface area (Å²) in [5.41, 5.74) is 10.2. The standard InChI is InChI=1S/C19H20N5O3S.Ac/c1-13-7-8-14(24-28(26,27)16-5-3-2-4-6-16)10-18(13)23-19(25)17(20)9-15-11-21-12-22-15;/h2-8,10-12,17,20,24H,9H2,1H3,(H,21,22)(H,23,25);/q-1;. The van der Waals surface area contributed by atoms with Crippen molar-refractivity contribution in [2.45, 2.75) is 24.3 Å². The van der Waals surface area contributed by atoms with Gasteiger partial charge in [0, 0.05) is 61.6 Å². The average Bonchev–Trinajstić information content (AvgIpc) is 3.18. The van der Waals surface area contributed by atoms with Gasteiger partial charge < -0.3 is 16.0 Å². The largest absolute Gasteiger partial charge is 0.666 e. The maximum Gasteiger partial charge on any atom is 0.261 e. The summed E-state index contributed by atoms with van der Waals surface area (Å²) in [7, 11) is -3.73. The summed E-state index contributed by atoms with van der Waals surface area (Å²) in [6.07, 6.45) is 3.26.